The molecular formula is C25H33FN2O4. The number of amides is 1. The van der Waals surface area contributed by atoms with E-state index in [4.69, 9.17) is 9.47 Å². The number of aldehydes is 1. The minimum Gasteiger partial charge on any atom is -0.491 e. The van der Waals surface area contributed by atoms with E-state index in [2.05, 4.69) is 10.6 Å². The summed E-state index contributed by atoms with van der Waals surface area (Å²) >= 11 is 0. The highest BCUT2D eigenvalue weighted by molar-refractivity contribution is 5.94. The molecule has 0 aliphatic carbocycles. The molecule has 1 saturated heterocycles. The zero-order valence-corrected chi connectivity index (χ0v) is 19.3. The Bertz CT molecular complexity index is 919. The summed E-state index contributed by atoms with van der Waals surface area (Å²) in [6.07, 6.45) is 3.79. The van der Waals surface area contributed by atoms with Crippen LogP contribution < -0.4 is 15.4 Å². The third-order valence-electron chi connectivity index (χ3n) is 5.43. The molecule has 1 amide bonds. The van der Waals surface area contributed by atoms with Crippen molar-refractivity contribution in [2.45, 2.75) is 33.1 Å². The van der Waals surface area contributed by atoms with Crippen molar-refractivity contribution in [3.8, 4) is 5.75 Å². The molecule has 2 aromatic carbocycles. The molecule has 1 fully saturated rings. The standard InChI is InChI=1S/C21H25FN2O3.C4H8O/c1-13-14(2)20(27-8-7-23-3)17(12-25)11-16(13)9-15-5-6-18(19(22)10-15)21(26)24-4;1-2-4-5-3-1/h5-6,10-12,23H,7-9H2,1-4H3,(H,24,26);1-4H2. The minimum absolute atomic E-state index is 0.0102. The first-order valence-electron chi connectivity index (χ1n) is 10.9. The number of ether oxygens (including phenoxy) is 2. The predicted octanol–water partition coefficient (Wildman–Crippen LogP) is 3.60. The number of nitrogens with one attached hydrogen (secondary N) is 2. The van der Waals surface area contributed by atoms with Gasteiger partial charge in [0.15, 0.2) is 6.29 Å². The fourth-order valence-corrected chi connectivity index (χ4v) is 3.42. The van der Waals surface area contributed by atoms with Crippen molar-refractivity contribution in [2.24, 2.45) is 0 Å². The van der Waals surface area contributed by atoms with Gasteiger partial charge in [0, 0.05) is 26.8 Å². The van der Waals surface area contributed by atoms with E-state index in [1.807, 2.05) is 20.9 Å². The number of carbonyl (C=O) groups is 2. The van der Waals surface area contributed by atoms with E-state index < -0.39 is 11.7 Å². The first-order chi connectivity index (χ1) is 15.4. The SMILES string of the molecule is C1CCOC1.CNCCOc1c(C=O)cc(Cc2ccc(C(=O)NC)c(F)c2)c(C)c1C. The summed E-state index contributed by atoms with van der Waals surface area (Å²) in [5.74, 6) is -0.441. The molecule has 7 heteroatoms. The van der Waals surface area contributed by atoms with Crippen LogP contribution in [0.4, 0.5) is 4.39 Å². The number of likely N-dealkylation sites (N-methyl/N-ethyl adjacent to an activating group) is 1. The average Bonchev–Trinajstić information content (AvgIpc) is 3.38. The molecular weight excluding hydrogens is 411 g/mol. The predicted molar refractivity (Wildman–Crippen MR) is 123 cm³/mol. The summed E-state index contributed by atoms with van der Waals surface area (Å²) in [6.45, 7) is 7.01. The molecule has 2 aromatic rings. The van der Waals surface area contributed by atoms with Gasteiger partial charge in [-0.1, -0.05) is 6.07 Å². The lowest BCUT2D eigenvalue weighted by Crippen LogP contribution is -2.19. The molecule has 1 aliphatic rings. The lowest BCUT2D eigenvalue weighted by molar-refractivity contribution is 0.0958. The van der Waals surface area contributed by atoms with Crippen molar-refractivity contribution in [3.05, 3.63) is 63.5 Å². The Labute approximate surface area is 189 Å². The Hall–Kier alpha value is -2.77. The highest BCUT2D eigenvalue weighted by Crippen LogP contribution is 2.30. The van der Waals surface area contributed by atoms with Crippen molar-refractivity contribution in [3.63, 3.8) is 0 Å². The van der Waals surface area contributed by atoms with E-state index >= 15 is 0 Å². The topological polar surface area (TPSA) is 76.7 Å². The molecule has 0 radical (unpaired) electrons. The molecule has 0 bridgehead atoms. The smallest absolute Gasteiger partial charge is 0.253 e. The van der Waals surface area contributed by atoms with Gasteiger partial charge in [0.05, 0.1) is 11.1 Å². The van der Waals surface area contributed by atoms with Gasteiger partial charge in [-0.25, -0.2) is 4.39 Å². The van der Waals surface area contributed by atoms with E-state index in [0.717, 1.165) is 41.8 Å². The highest BCUT2D eigenvalue weighted by atomic mass is 19.1. The van der Waals surface area contributed by atoms with Gasteiger partial charge in [-0.3, -0.25) is 9.59 Å². The molecule has 0 saturated carbocycles. The summed E-state index contributed by atoms with van der Waals surface area (Å²) in [7, 11) is 3.29. The molecule has 0 spiro atoms. The normalized spacial score (nSPS) is 12.7. The van der Waals surface area contributed by atoms with E-state index in [9.17, 15) is 14.0 Å². The second-order valence-electron chi connectivity index (χ2n) is 7.66. The minimum atomic E-state index is -0.566. The second kappa shape index (κ2) is 12.9. The van der Waals surface area contributed by atoms with E-state index in [1.54, 1.807) is 12.1 Å². The van der Waals surface area contributed by atoms with Crippen molar-refractivity contribution in [2.75, 3.05) is 40.5 Å². The number of carbonyl (C=O) groups excluding carboxylic acids is 2. The first-order valence-corrected chi connectivity index (χ1v) is 10.9. The van der Waals surface area contributed by atoms with Crippen LogP contribution in [0.3, 0.4) is 0 Å². The number of benzene rings is 2. The lowest BCUT2D eigenvalue weighted by atomic mass is 9.93. The van der Waals surface area contributed by atoms with Gasteiger partial charge >= 0.3 is 0 Å². The molecule has 32 heavy (non-hydrogen) atoms. The maximum atomic E-state index is 14.2. The van der Waals surface area contributed by atoms with E-state index in [0.29, 0.717) is 30.9 Å². The fraction of sp³-hybridized carbons (Fsp3) is 0.440. The van der Waals surface area contributed by atoms with Crippen LogP contribution in [0.15, 0.2) is 24.3 Å². The average molecular weight is 445 g/mol. The van der Waals surface area contributed by atoms with Gasteiger partial charge in [-0.15, -0.1) is 0 Å². The Morgan fingerprint density at radius 3 is 2.41 bits per heavy atom. The Kier molecular flexibility index (Phi) is 10.3. The third-order valence-corrected chi connectivity index (χ3v) is 5.43. The van der Waals surface area contributed by atoms with Gasteiger partial charge in [-0.2, -0.15) is 0 Å². The van der Waals surface area contributed by atoms with Crippen LogP contribution in [0, 0.1) is 19.7 Å². The number of rotatable bonds is 8. The lowest BCUT2D eigenvalue weighted by Gasteiger charge is -2.17. The van der Waals surface area contributed by atoms with Gasteiger partial charge in [0.2, 0.25) is 0 Å². The van der Waals surface area contributed by atoms with Gasteiger partial charge in [0.25, 0.3) is 5.91 Å². The van der Waals surface area contributed by atoms with Crippen LogP contribution in [0.2, 0.25) is 0 Å². The Morgan fingerprint density at radius 1 is 1.16 bits per heavy atom. The molecule has 0 atom stereocenters. The first kappa shape index (κ1) is 25.5. The van der Waals surface area contributed by atoms with Crippen LogP contribution in [0.1, 0.15) is 55.8 Å². The van der Waals surface area contributed by atoms with E-state index in [1.165, 1.54) is 32.0 Å². The molecule has 3 rings (SSSR count). The monoisotopic (exact) mass is 444 g/mol. The van der Waals surface area contributed by atoms with E-state index in [-0.39, 0.29) is 5.56 Å². The van der Waals surface area contributed by atoms with Crippen molar-refractivity contribution >= 4 is 12.2 Å². The van der Waals surface area contributed by atoms with Gasteiger partial charge in [0.1, 0.15) is 18.2 Å². The zero-order valence-electron chi connectivity index (χ0n) is 19.3. The largest absolute Gasteiger partial charge is 0.491 e. The molecule has 2 N–H and O–H groups in total. The van der Waals surface area contributed by atoms with Crippen LogP contribution in [-0.4, -0.2) is 52.7 Å². The summed E-state index contributed by atoms with van der Waals surface area (Å²) in [5.41, 5.74) is 4.03. The van der Waals surface area contributed by atoms with Crippen LogP contribution in [0.5, 0.6) is 5.75 Å². The Morgan fingerprint density at radius 2 is 1.88 bits per heavy atom. The quantitative estimate of drug-likeness (QED) is 0.481. The molecule has 0 aromatic heterocycles. The summed E-state index contributed by atoms with van der Waals surface area (Å²) in [6, 6.07) is 6.34. The van der Waals surface area contributed by atoms with Crippen LogP contribution >= 0.6 is 0 Å². The third kappa shape index (κ3) is 6.87. The van der Waals surface area contributed by atoms with Crippen molar-refractivity contribution in [1.29, 1.82) is 0 Å². The molecule has 174 valence electrons. The maximum absolute atomic E-state index is 14.2. The summed E-state index contributed by atoms with van der Waals surface area (Å²) < 4.78 is 24.9. The second-order valence-corrected chi connectivity index (χ2v) is 7.66. The zero-order chi connectivity index (χ0) is 23.5. The van der Waals surface area contributed by atoms with Gasteiger partial charge in [-0.05, 0) is 80.6 Å². The molecule has 1 aliphatic heterocycles. The highest BCUT2D eigenvalue weighted by Gasteiger charge is 2.16. The molecule has 0 unspecified atom stereocenters. The summed E-state index contributed by atoms with van der Waals surface area (Å²) in [5, 5.41) is 5.41. The fourth-order valence-electron chi connectivity index (χ4n) is 3.42. The number of hydrogen-bond donors (Lipinski definition) is 2. The van der Waals surface area contributed by atoms with Crippen LogP contribution in [-0.2, 0) is 11.2 Å². The maximum Gasteiger partial charge on any atom is 0.253 e. The molecule has 6 nitrogen and oxygen atoms in total. The molecule has 1 heterocycles. The van der Waals surface area contributed by atoms with Crippen LogP contribution in [0.25, 0.3) is 0 Å². The summed E-state index contributed by atoms with van der Waals surface area (Å²) in [4.78, 5) is 23.2. The number of hydrogen-bond acceptors (Lipinski definition) is 5. The van der Waals surface area contributed by atoms with Crippen molar-refractivity contribution in [1.82, 2.24) is 10.6 Å². The number of halogens is 1. The van der Waals surface area contributed by atoms with Gasteiger partial charge < -0.3 is 20.1 Å². The van der Waals surface area contributed by atoms with Crippen molar-refractivity contribution < 1.29 is 23.5 Å². The Balaban J connectivity index is 0.000000636.